The van der Waals surface area contributed by atoms with Gasteiger partial charge in [0.25, 0.3) is 0 Å². The number of nitrogens with zero attached hydrogens (tertiary/aromatic N) is 4. The van der Waals surface area contributed by atoms with Gasteiger partial charge >= 0.3 is 0 Å². The predicted octanol–water partition coefficient (Wildman–Crippen LogP) is 11.5. The molecule has 0 spiro atoms. The minimum absolute atomic E-state index is 0.556. The quantitative estimate of drug-likeness (QED) is 0.136. The van der Waals surface area contributed by atoms with E-state index in [1.54, 1.807) is 6.07 Å². The number of aromatic nitrogens is 3. The Morgan fingerprint density at radius 1 is 0.380 bits per heavy atom. The molecule has 8 aromatic carbocycles. The molecular weight excluding hydrogens is 609 g/mol. The fraction of sp³-hybridized carbons (Fsp3) is 0. The number of rotatable bonds is 5. The van der Waals surface area contributed by atoms with Crippen LogP contribution in [0.3, 0.4) is 0 Å². The summed E-state index contributed by atoms with van der Waals surface area (Å²) in [6.45, 7) is 0. The molecule has 0 atom stereocenters. The summed E-state index contributed by atoms with van der Waals surface area (Å²) in [6, 6.07) is -25.0. The van der Waals surface area contributed by atoms with Gasteiger partial charge in [-0.1, -0.05) is 145 Å². The van der Waals surface area contributed by atoms with Gasteiger partial charge < -0.3 is 0 Å². The molecule has 1 heterocycles. The topological polar surface area (TPSA) is 62.5 Å². The van der Waals surface area contributed by atoms with E-state index in [4.69, 9.17) is 28.8 Å². The van der Waals surface area contributed by atoms with E-state index in [-0.39, 0.29) is 0 Å². The molecule has 0 N–H and O–H groups in total. The van der Waals surface area contributed by atoms with Gasteiger partial charge in [-0.15, -0.1) is 0 Å². The molecule has 0 bridgehead atoms. The Hall–Kier alpha value is -6.96. The average Bonchev–Trinajstić information content (AvgIpc) is 3.45. The summed E-state index contributed by atoms with van der Waals surface area (Å²) in [5.74, 6) is -2.83. The van der Waals surface area contributed by atoms with Crippen LogP contribution in [0, 0.1) is 11.3 Å². The van der Waals surface area contributed by atoms with Gasteiger partial charge in [0, 0.05) is 16.7 Å². The number of hydrogen-bond acceptors (Lipinski definition) is 4. The molecule has 9 rings (SSSR count). The van der Waals surface area contributed by atoms with E-state index in [9.17, 15) is 14.9 Å². The SMILES string of the molecule is [2H]c1c([2H])c([2H])c(-c2nc(-c3c([2H])c([2H])c(-c4c5c([2H])c([2H])c([2H])c([2H])c5c([2H])c5c4c([2H])c([2H])c4c([2H])c([2H])c([2H])c([2H])c45)c([2H])c3[2H])nc(-c3c([2H])c([2H])c([2H])c(-c4c([2H])c([2H])c(C#N)c([2H])c4[2H])c3[2H])n2)c([2H])c1[2H]. The maximum Gasteiger partial charge on any atom is 0.164 e. The van der Waals surface area contributed by atoms with E-state index in [0.29, 0.717) is 0 Å². The largest absolute Gasteiger partial charge is 0.208 e. The first-order chi connectivity index (χ1) is 36.4. The Kier molecular flexibility index (Phi) is 2.98. The molecule has 9 aromatic rings. The van der Waals surface area contributed by atoms with Gasteiger partial charge in [0.2, 0.25) is 0 Å². The minimum atomic E-state index is -1.13. The minimum Gasteiger partial charge on any atom is -0.208 e. The van der Waals surface area contributed by atoms with Crippen molar-refractivity contribution < 1.29 is 38.4 Å². The van der Waals surface area contributed by atoms with E-state index < -0.39 is 263 Å². The Morgan fingerprint density at radius 2 is 0.940 bits per heavy atom. The van der Waals surface area contributed by atoms with Gasteiger partial charge in [0.1, 0.15) is 0 Å². The summed E-state index contributed by atoms with van der Waals surface area (Å²) >= 11 is 0. The molecule has 0 saturated heterocycles. The Morgan fingerprint density at radius 3 is 1.68 bits per heavy atom. The first kappa shape index (κ1) is 12.2. The fourth-order valence-electron chi connectivity index (χ4n) is 5.01. The zero-order valence-corrected chi connectivity index (χ0v) is 24.8. The molecule has 50 heavy (non-hydrogen) atoms. The molecule has 0 saturated carbocycles. The second-order valence-corrected chi connectivity index (χ2v) is 10.2. The van der Waals surface area contributed by atoms with Gasteiger partial charge in [0.05, 0.1) is 50.0 Å². The third-order valence-electron chi connectivity index (χ3n) is 7.23. The summed E-state index contributed by atoms with van der Waals surface area (Å²) < 4.78 is 248. The smallest absolute Gasteiger partial charge is 0.164 e. The summed E-state index contributed by atoms with van der Waals surface area (Å²) in [4.78, 5) is 12.8. The van der Waals surface area contributed by atoms with Crippen LogP contribution in [0.5, 0.6) is 0 Å². The maximum absolute atomic E-state index is 9.60. The molecule has 0 unspecified atom stereocenters. The highest BCUT2D eigenvalue weighted by molar-refractivity contribution is 6.20. The molecule has 4 nitrogen and oxygen atoms in total. The van der Waals surface area contributed by atoms with Crippen LogP contribution in [0.15, 0.2) is 169 Å². The molecule has 0 amide bonds. The zero-order valence-electron chi connectivity index (χ0n) is 52.8. The van der Waals surface area contributed by atoms with E-state index in [1.807, 2.05) is 0 Å². The van der Waals surface area contributed by atoms with Crippen molar-refractivity contribution in [2.75, 3.05) is 0 Å². The van der Waals surface area contributed by atoms with Crippen LogP contribution in [0.25, 0.3) is 88.7 Å². The van der Waals surface area contributed by atoms with Gasteiger partial charge in [-0.05, 0) is 78.7 Å². The van der Waals surface area contributed by atoms with E-state index in [0.717, 1.165) is 0 Å². The molecular formula is C46H28N4. The molecule has 0 aliphatic heterocycles. The lowest BCUT2D eigenvalue weighted by Gasteiger charge is -2.14. The molecule has 1 aromatic heterocycles. The standard InChI is InChI=1S/C46H28N4/c47-29-30-17-19-31(20-18-30)36-13-8-14-38(27-36)46-49-44(34-10-2-1-3-11-34)48-45(50-46)35-23-21-33(22-24-35)43-40-16-7-5-12-37(40)28-42-39-15-6-4-9-32(39)25-26-41(42)43/h1-28H/i1D,2D,3D,4D,5D,6D,7D,8D,9D,10D,11D,12D,13D,14D,15D,16D,17D,18D,19D,20D,21D,22D,23D,24D,25D,26D,27D,28D. The number of fused-ring (bicyclic) bond motifs is 4. The third kappa shape index (κ3) is 5.24. The zero-order chi connectivity index (χ0) is 57.8. The van der Waals surface area contributed by atoms with E-state index in [2.05, 4.69) is 15.0 Å². The summed E-state index contributed by atoms with van der Waals surface area (Å²) in [6.07, 6.45) is 0. The average molecular weight is 665 g/mol. The second kappa shape index (κ2) is 12.2. The highest BCUT2D eigenvalue weighted by Gasteiger charge is 2.15. The van der Waals surface area contributed by atoms with Crippen molar-refractivity contribution in [1.29, 1.82) is 5.26 Å². The summed E-state index contributed by atoms with van der Waals surface area (Å²) in [5.41, 5.74) is -6.48. The molecule has 0 radical (unpaired) electrons. The van der Waals surface area contributed by atoms with Crippen LogP contribution < -0.4 is 0 Å². The number of nitriles is 1. The third-order valence-corrected chi connectivity index (χ3v) is 7.23. The first-order valence-corrected chi connectivity index (χ1v) is 14.3. The highest BCUT2D eigenvalue weighted by atomic mass is 15.0. The summed E-state index contributed by atoms with van der Waals surface area (Å²) in [7, 11) is 0. The lowest BCUT2D eigenvalue weighted by atomic mass is 9.89. The van der Waals surface area contributed by atoms with Crippen LogP contribution in [0.2, 0.25) is 0 Å². The van der Waals surface area contributed by atoms with Gasteiger partial charge in [-0.25, -0.2) is 15.0 Å². The second-order valence-electron chi connectivity index (χ2n) is 10.2. The van der Waals surface area contributed by atoms with E-state index in [1.165, 1.54) is 0 Å². The summed E-state index contributed by atoms with van der Waals surface area (Å²) in [5, 5.41) is 5.91. The first-order valence-electron chi connectivity index (χ1n) is 28.3. The van der Waals surface area contributed by atoms with Crippen molar-refractivity contribution in [2.24, 2.45) is 0 Å². The number of hydrogen-bond donors (Lipinski definition) is 0. The van der Waals surface area contributed by atoms with Crippen LogP contribution in [-0.2, 0) is 0 Å². The predicted molar refractivity (Wildman–Crippen MR) is 204 cm³/mol. The molecule has 0 fully saturated rings. The highest BCUT2D eigenvalue weighted by Crippen LogP contribution is 2.40. The van der Waals surface area contributed by atoms with Crippen molar-refractivity contribution in [2.45, 2.75) is 0 Å². The van der Waals surface area contributed by atoms with Crippen LogP contribution in [0.4, 0.5) is 0 Å². The van der Waals surface area contributed by atoms with Crippen molar-refractivity contribution in [3.05, 3.63) is 175 Å². The van der Waals surface area contributed by atoms with Crippen molar-refractivity contribution >= 4 is 32.3 Å². The van der Waals surface area contributed by atoms with Gasteiger partial charge in [0.15, 0.2) is 17.5 Å². The Labute approximate surface area is 329 Å². The van der Waals surface area contributed by atoms with Gasteiger partial charge in [-0.2, -0.15) is 5.26 Å². The molecule has 0 aliphatic carbocycles. The maximum atomic E-state index is 9.60. The van der Waals surface area contributed by atoms with Crippen LogP contribution in [-0.4, -0.2) is 15.0 Å². The fourth-order valence-corrected chi connectivity index (χ4v) is 5.01. The molecule has 0 aliphatic rings. The normalized spacial score (nSPS) is 19.0. The number of benzene rings is 8. The van der Waals surface area contributed by atoms with Gasteiger partial charge in [-0.3, -0.25) is 0 Å². The van der Waals surface area contributed by atoms with Crippen molar-refractivity contribution in [1.82, 2.24) is 15.0 Å². The Balaban J connectivity index is 1.47. The monoisotopic (exact) mass is 664 g/mol. The van der Waals surface area contributed by atoms with E-state index >= 15 is 0 Å². The lowest BCUT2D eigenvalue weighted by molar-refractivity contribution is 1.07. The van der Waals surface area contributed by atoms with Crippen LogP contribution in [0.1, 0.15) is 43.9 Å². The van der Waals surface area contributed by atoms with Crippen molar-refractivity contribution in [3.63, 3.8) is 0 Å². The molecule has 232 valence electrons. The van der Waals surface area contributed by atoms with Crippen molar-refractivity contribution in [3.8, 4) is 62.5 Å². The Bertz CT molecular complexity index is 4290. The molecule has 4 heteroatoms. The lowest BCUT2D eigenvalue weighted by Crippen LogP contribution is -2.00. The van der Waals surface area contributed by atoms with Crippen LogP contribution >= 0.6 is 0 Å².